The third-order valence-corrected chi connectivity index (χ3v) is 2.33. The summed E-state index contributed by atoms with van der Waals surface area (Å²) in [5, 5.41) is 0. The van der Waals surface area contributed by atoms with Gasteiger partial charge in [-0.15, -0.1) is 0 Å². The molecule has 0 fully saturated rings. The predicted octanol–water partition coefficient (Wildman–Crippen LogP) is 4.04. The van der Waals surface area contributed by atoms with Gasteiger partial charge in [-0.3, -0.25) is 0 Å². The summed E-state index contributed by atoms with van der Waals surface area (Å²) in [7, 11) is 0. The van der Waals surface area contributed by atoms with E-state index < -0.39 is 0 Å². The SMILES string of the molecule is C=C(Oc1cccc(C)c1)c1ccccc1. The molecular weight excluding hydrogens is 196 g/mol. The van der Waals surface area contributed by atoms with Crippen LogP contribution in [0.1, 0.15) is 11.1 Å². The number of rotatable bonds is 3. The van der Waals surface area contributed by atoms with Gasteiger partial charge in [-0.25, -0.2) is 0 Å². The molecule has 0 spiro atoms. The van der Waals surface area contributed by atoms with Gasteiger partial charge in [0.15, 0.2) is 0 Å². The average molecular weight is 210 g/mol. The van der Waals surface area contributed by atoms with Crippen molar-refractivity contribution in [3.05, 3.63) is 72.3 Å². The quantitative estimate of drug-likeness (QED) is 0.694. The monoisotopic (exact) mass is 210 g/mol. The third-order valence-electron chi connectivity index (χ3n) is 2.33. The smallest absolute Gasteiger partial charge is 0.127 e. The standard InChI is InChI=1S/C15H14O/c1-12-7-6-10-15(11-12)16-13(2)14-8-4-3-5-9-14/h3-11H,2H2,1H3. The molecule has 0 saturated carbocycles. The van der Waals surface area contributed by atoms with E-state index in [1.165, 1.54) is 5.56 Å². The van der Waals surface area contributed by atoms with E-state index in [4.69, 9.17) is 4.74 Å². The highest BCUT2D eigenvalue weighted by Crippen LogP contribution is 2.20. The van der Waals surface area contributed by atoms with Gasteiger partial charge in [0.1, 0.15) is 11.5 Å². The van der Waals surface area contributed by atoms with Crippen molar-refractivity contribution in [2.45, 2.75) is 6.92 Å². The van der Waals surface area contributed by atoms with Crippen LogP contribution in [0.2, 0.25) is 0 Å². The summed E-state index contributed by atoms with van der Waals surface area (Å²) in [5.74, 6) is 1.50. The summed E-state index contributed by atoms with van der Waals surface area (Å²) in [6, 6.07) is 17.8. The highest BCUT2D eigenvalue weighted by Gasteiger charge is 2.00. The van der Waals surface area contributed by atoms with Crippen LogP contribution in [0.3, 0.4) is 0 Å². The third kappa shape index (κ3) is 2.51. The normalized spacial score (nSPS) is 9.81. The number of benzene rings is 2. The van der Waals surface area contributed by atoms with Crippen molar-refractivity contribution < 1.29 is 4.74 Å². The fourth-order valence-corrected chi connectivity index (χ4v) is 1.50. The first kappa shape index (κ1) is 10.5. The number of aryl methyl sites for hydroxylation is 1. The molecule has 0 atom stereocenters. The summed E-state index contributed by atoms with van der Waals surface area (Å²) in [4.78, 5) is 0. The molecule has 0 saturated heterocycles. The fourth-order valence-electron chi connectivity index (χ4n) is 1.50. The second-order valence-electron chi connectivity index (χ2n) is 3.71. The van der Waals surface area contributed by atoms with Crippen LogP contribution in [-0.4, -0.2) is 0 Å². The molecular formula is C15H14O. The van der Waals surface area contributed by atoms with E-state index in [-0.39, 0.29) is 0 Å². The summed E-state index contributed by atoms with van der Waals surface area (Å²) >= 11 is 0. The van der Waals surface area contributed by atoms with E-state index in [2.05, 4.69) is 6.58 Å². The highest BCUT2D eigenvalue weighted by molar-refractivity contribution is 5.59. The van der Waals surface area contributed by atoms with Crippen molar-refractivity contribution in [1.29, 1.82) is 0 Å². The fraction of sp³-hybridized carbons (Fsp3) is 0.0667. The van der Waals surface area contributed by atoms with Gasteiger partial charge >= 0.3 is 0 Å². The van der Waals surface area contributed by atoms with E-state index in [9.17, 15) is 0 Å². The molecule has 0 amide bonds. The van der Waals surface area contributed by atoms with E-state index in [0.717, 1.165) is 11.3 Å². The van der Waals surface area contributed by atoms with Crippen LogP contribution >= 0.6 is 0 Å². The summed E-state index contributed by atoms with van der Waals surface area (Å²) in [5.41, 5.74) is 2.18. The van der Waals surface area contributed by atoms with Crippen LogP contribution in [0.4, 0.5) is 0 Å². The molecule has 0 aliphatic heterocycles. The molecule has 2 aromatic rings. The topological polar surface area (TPSA) is 9.23 Å². The van der Waals surface area contributed by atoms with Crippen LogP contribution in [0, 0.1) is 6.92 Å². The minimum absolute atomic E-state index is 0.672. The number of hydrogen-bond acceptors (Lipinski definition) is 1. The van der Waals surface area contributed by atoms with Gasteiger partial charge in [0.2, 0.25) is 0 Å². The first-order valence-electron chi connectivity index (χ1n) is 5.24. The Morgan fingerprint density at radius 2 is 1.75 bits per heavy atom. The van der Waals surface area contributed by atoms with Gasteiger partial charge < -0.3 is 4.74 Å². The van der Waals surface area contributed by atoms with E-state index in [0.29, 0.717) is 5.76 Å². The highest BCUT2D eigenvalue weighted by atomic mass is 16.5. The molecule has 0 bridgehead atoms. The zero-order chi connectivity index (χ0) is 11.4. The molecule has 1 heteroatoms. The molecule has 1 nitrogen and oxygen atoms in total. The molecule has 2 aromatic carbocycles. The largest absolute Gasteiger partial charge is 0.457 e. The summed E-state index contributed by atoms with van der Waals surface area (Å²) in [6.07, 6.45) is 0. The van der Waals surface area contributed by atoms with E-state index >= 15 is 0 Å². The average Bonchev–Trinajstić information content (AvgIpc) is 2.30. The molecule has 0 aromatic heterocycles. The Morgan fingerprint density at radius 1 is 1.00 bits per heavy atom. The minimum atomic E-state index is 0.672. The van der Waals surface area contributed by atoms with Gasteiger partial charge in [-0.1, -0.05) is 49.0 Å². The molecule has 0 radical (unpaired) electrons. The maximum absolute atomic E-state index is 5.69. The first-order chi connectivity index (χ1) is 7.75. The molecule has 0 aliphatic rings. The zero-order valence-electron chi connectivity index (χ0n) is 9.31. The summed E-state index contributed by atoms with van der Waals surface area (Å²) < 4.78 is 5.69. The second-order valence-corrected chi connectivity index (χ2v) is 3.71. The second kappa shape index (κ2) is 4.67. The summed E-state index contributed by atoms with van der Waals surface area (Å²) in [6.45, 7) is 5.97. The van der Waals surface area contributed by atoms with Crippen LogP contribution in [-0.2, 0) is 0 Å². The molecule has 80 valence electrons. The maximum atomic E-state index is 5.69. The molecule has 0 unspecified atom stereocenters. The molecule has 16 heavy (non-hydrogen) atoms. The Kier molecular flexibility index (Phi) is 3.06. The lowest BCUT2D eigenvalue weighted by Crippen LogP contribution is -1.92. The zero-order valence-corrected chi connectivity index (χ0v) is 9.31. The predicted molar refractivity (Wildman–Crippen MR) is 67.3 cm³/mol. The van der Waals surface area contributed by atoms with Gasteiger partial charge in [-0.05, 0) is 24.6 Å². The minimum Gasteiger partial charge on any atom is -0.457 e. The van der Waals surface area contributed by atoms with Gasteiger partial charge in [-0.2, -0.15) is 0 Å². The van der Waals surface area contributed by atoms with E-state index in [1.54, 1.807) is 0 Å². The number of ether oxygens (including phenoxy) is 1. The molecule has 0 aliphatic carbocycles. The van der Waals surface area contributed by atoms with E-state index in [1.807, 2.05) is 61.5 Å². The first-order valence-corrected chi connectivity index (χ1v) is 5.24. The van der Waals surface area contributed by atoms with Crippen molar-refractivity contribution in [2.75, 3.05) is 0 Å². The van der Waals surface area contributed by atoms with Gasteiger partial charge in [0.25, 0.3) is 0 Å². The molecule has 0 heterocycles. The van der Waals surface area contributed by atoms with Gasteiger partial charge in [0, 0.05) is 5.56 Å². The van der Waals surface area contributed by atoms with Crippen molar-refractivity contribution in [3.63, 3.8) is 0 Å². The molecule has 0 N–H and O–H groups in total. The lowest BCUT2D eigenvalue weighted by atomic mass is 10.2. The lowest BCUT2D eigenvalue weighted by Gasteiger charge is -2.09. The Balaban J connectivity index is 2.14. The lowest BCUT2D eigenvalue weighted by molar-refractivity contribution is 0.516. The van der Waals surface area contributed by atoms with Crippen molar-refractivity contribution in [3.8, 4) is 5.75 Å². The van der Waals surface area contributed by atoms with Crippen LogP contribution in [0.25, 0.3) is 5.76 Å². The Bertz CT molecular complexity index is 486. The Morgan fingerprint density at radius 3 is 2.44 bits per heavy atom. The van der Waals surface area contributed by atoms with Crippen LogP contribution in [0.15, 0.2) is 61.2 Å². The van der Waals surface area contributed by atoms with Crippen molar-refractivity contribution in [1.82, 2.24) is 0 Å². The van der Waals surface area contributed by atoms with Crippen LogP contribution in [0.5, 0.6) is 5.75 Å². The Hall–Kier alpha value is -2.02. The van der Waals surface area contributed by atoms with Crippen molar-refractivity contribution in [2.24, 2.45) is 0 Å². The van der Waals surface area contributed by atoms with Gasteiger partial charge in [0.05, 0.1) is 0 Å². The van der Waals surface area contributed by atoms with Crippen molar-refractivity contribution >= 4 is 5.76 Å². The number of hydrogen-bond donors (Lipinski definition) is 0. The Labute approximate surface area is 96.0 Å². The van der Waals surface area contributed by atoms with Crippen LogP contribution < -0.4 is 4.74 Å². The molecule has 2 rings (SSSR count). The maximum Gasteiger partial charge on any atom is 0.127 e.